The molecule has 0 atom stereocenters. The summed E-state index contributed by atoms with van der Waals surface area (Å²) in [6.07, 6.45) is 0. The van der Waals surface area contributed by atoms with Crippen molar-refractivity contribution < 1.29 is 18.3 Å². The molecule has 0 bridgehead atoms. The van der Waals surface area contributed by atoms with Gasteiger partial charge in [0.2, 0.25) is 0 Å². The second-order valence-corrected chi connectivity index (χ2v) is 2.59. The second kappa shape index (κ2) is 3.70. The maximum atomic E-state index is 12.8. The maximum absolute atomic E-state index is 12.8. The first-order chi connectivity index (χ1) is 6.07. The van der Waals surface area contributed by atoms with E-state index in [4.69, 9.17) is 11.6 Å². The highest BCUT2D eigenvalue weighted by Gasteiger charge is 2.16. The monoisotopic (exact) mass is 206 g/mol. The highest BCUT2D eigenvalue weighted by atomic mass is 35.5. The smallest absolute Gasteiger partial charge is 0.339 e. The van der Waals surface area contributed by atoms with Crippen LogP contribution in [0.15, 0.2) is 12.1 Å². The Morgan fingerprint density at radius 2 is 2.08 bits per heavy atom. The molecule has 13 heavy (non-hydrogen) atoms. The van der Waals surface area contributed by atoms with E-state index in [2.05, 4.69) is 4.74 Å². The van der Waals surface area contributed by atoms with Gasteiger partial charge in [-0.3, -0.25) is 0 Å². The van der Waals surface area contributed by atoms with Crippen LogP contribution in [0.3, 0.4) is 0 Å². The zero-order chi connectivity index (χ0) is 10.0. The van der Waals surface area contributed by atoms with Crippen LogP contribution in [0.5, 0.6) is 0 Å². The number of halogens is 3. The first-order valence-corrected chi connectivity index (χ1v) is 3.67. The lowest BCUT2D eigenvalue weighted by atomic mass is 10.2. The third kappa shape index (κ3) is 1.78. The Balaban J connectivity index is 3.26. The SMILES string of the molecule is COC(=O)c1ccc(F)c(F)c1Cl. The van der Waals surface area contributed by atoms with Crippen molar-refractivity contribution >= 4 is 17.6 Å². The Hall–Kier alpha value is -1.16. The zero-order valence-electron chi connectivity index (χ0n) is 6.61. The molecule has 1 aromatic carbocycles. The molecule has 1 rings (SSSR count). The Bertz CT molecular complexity index is 352. The van der Waals surface area contributed by atoms with Gasteiger partial charge in [0.1, 0.15) is 0 Å². The van der Waals surface area contributed by atoms with Crippen LogP contribution in [0.25, 0.3) is 0 Å². The molecule has 0 saturated heterocycles. The van der Waals surface area contributed by atoms with Gasteiger partial charge < -0.3 is 4.74 Å². The van der Waals surface area contributed by atoms with Crippen LogP contribution < -0.4 is 0 Å². The molecule has 0 aliphatic carbocycles. The molecule has 0 N–H and O–H groups in total. The Labute approximate surface area is 78.1 Å². The third-order valence-corrected chi connectivity index (χ3v) is 1.81. The third-order valence-electron chi connectivity index (χ3n) is 1.44. The Morgan fingerprint density at radius 1 is 1.46 bits per heavy atom. The predicted octanol–water partition coefficient (Wildman–Crippen LogP) is 2.40. The van der Waals surface area contributed by atoms with Crippen LogP contribution in [0.1, 0.15) is 10.4 Å². The van der Waals surface area contributed by atoms with Gasteiger partial charge in [0.25, 0.3) is 0 Å². The van der Waals surface area contributed by atoms with Crippen molar-refractivity contribution in [3.05, 3.63) is 34.4 Å². The van der Waals surface area contributed by atoms with E-state index in [9.17, 15) is 13.6 Å². The first kappa shape index (κ1) is 9.92. The number of ether oxygens (including phenoxy) is 1. The molecule has 0 aliphatic rings. The zero-order valence-corrected chi connectivity index (χ0v) is 7.36. The van der Waals surface area contributed by atoms with Crippen LogP contribution in [0, 0.1) is 11.6 Å². The van der Waals surface area contributed by atoms with Crippen molar-refractivity contribution in [3.8, 4) is 0 Å². The number of esters is 1. The summed E-state index contributed by atoms with van der Waals surface area (Å²) >= 11 is 5.36. The molecule has 0 aliphatic heterocycles. The fourth-order valence-electron chi connectivity index (χ4n) is 0.794. The van der Waals surface area contributed by atoms with Crippen LogP contribution >= 0.6 is 11.6 Å². The average Bonchev–Trinajstić information content (AvgIpc) is 2.13. The Morgan fingerprint density at radius 3 is 2.62 bits per heavy atom. The summed E-state index contributed by atoms with van der Waals surface area (Å²) in [6, 6.07) is 1.88. The average molecular weight is 207 g/mol. The summed E-state index contributed by atoms with van der Waals surface area (Å²) < 4.78 is 29.6. The standard InChI is InChI=1S/C8H5ClF2O2/c1-13-8(12)4-2-3-5(10)7(11)6(4)9/h2-3H,1H3. The molecular weight excluding hydrogens is 202 g/mol. The molecule has 0 unspecified atom stereocenters. The minimum Gasteiger partial charge on any atom is -0.465 e. The van der Waals surface area contributed by atoms with Gasteiger partial charge >= 0.3 is 5.97 Å². The molecule has 70 valence electrons. The van der Waals surface area contributed by atoms with E-state index in [1.165, 1.54) is 0 Å². The normalized spacial score (nSPS) is 9.85. The molecule has 0 spiro atoms. The van der Waals surface area contributed by atoms with E-state index < -0.39 is 22.6 Å². The fourth-order valence-corrected chi connectivity index (χ4v) is 1.02. The lowest BCUT2D eigenvalue weighted by molar-refractivity contribution is 0.0600. The molecule has 0 aromatic heterocycles. The molecule has 1 aromatic rings. The number of rotatable bonds is 1. The van der Waals surface area contributed by atoms with E-state index in [0.717, 1.165) is 19.2 Å². The summed E-state index contributed by atoms with van der Waals surface area (Å²) in [4.78, 5) is 10.9. The summed E-state index contributed by atoms with van der Waals surface area (Å²) in [5, 5.41) is -0.563. The highest BCUT2D eigenvalue weighted by molar-refractivity contribution is 6.33. The number of hydrogen-bond acceptors (Lipinski definition) is 2. The van der Waals surface area contributed by atoms with Crippen LogP contribution in [-0.2, 0) is 4.74 Å². The summed E-state index contributed by atoms with van der Waals surface area (Å²) in [7, 11) is 1.12. The number of carbonyl (C=O) groups excluding carboxylic acids is 1. The van der Waals surface area contributed by atoms with Gasteiger partial charge in [-0.25, -0.2) is 13.6 Å². The minimum absolute atomic E-state index is 0.192. The lowest BCUT2D eigenvalue weighted by Crippen LogP contribution is -2.04. The van der Waals surface area contributed by atoms with Crippen molar-refractivity contribution in [1.82, 2.24) is 0 Å². The van der Waals surface area contributed by atoms with Crippen molar-refractivity contribution in [2.45, 2.75) is 0 Å². The first-order valence-electron chi connectivity index (χ1n) is 3.29. The van der Waals surface area contributed by atoms with Gasteiger partial charge in [-0.2, -0.15) is 0 Å². The van der Waals surface area contributed by atoms with Gasteiger partial charge in [-0.05, 0) is 12.1 Å². The number of benzene rings is 1. The molecule has 2 nitrogen and oxygen atoms in total. The molecule has 0 radical (unpaired) electrons. The molecular formula is C8H5ClF2O2. The molecule has 0 amide bonds. The lowest BCUT2D eigenvalue weighted by Gasteiger charge is -2.02. The van der Waals surface area contributed by atoms with Gasteiger partial charge in [0, 0.05) is 0 Å². The van der Waals surface area contributed by atoms with Crippen LogP contribution in [0.2, 0.25) is 5.02 Å². The summed E-state index contributed by atoms with van der Waals surface area (Å²) in [5.74, 6) is -3.15. The van der Waals surface area contributed by atoms with E-state index in [-0.39, 0.29) is 5.56 Å². The van der Waals surface area contributed by atoms with Crippen molar-refractivity contribution in [2.24, 2.45) is 0 Å². The summed E-state index contributed by atoms with van der Waals surface area (Å²) in [6.45, 7) is 0. The van der Waals surface area contributed by atoms with Gasteiger partial charge in [0.15, 0.2) is 11.6 Å². The van der Waals surface area contributed by atoms with Crippen molar-refractivity contribution in [3.63, 3.8) is 0 Å². The second-order valence-electron chi connectivity index (χ2n) is 2.21. The Kier molecular flexibility index (Phi) is 2.83. The van der Waals surface area contributed by atoms with Gasteiger partial charge in [-0.15, -0.1) is 0 Å². The fraction of sp³-hybridized carbons (Fsp3) is 0.125. The maximum Gasteiger partial charge on any atom is 0.339 e. The molecule has 0 fully saturated rings. The van der Waals surface area contributed by atoms with E-state index in [1.54, 1.807) is 0 Å². The topological polar surface area (TPSA) is 26.3 Å². The summed E-state index contributed by atoms with van der Waals surface area (Å²) in [5.41, 5.74) is -0.192. The van der Waals surface area contributed by atoms with E-state index in [1.807, 2.05) is 0 Å². The number of carbonyl (C=O) groups is 1. The van der Waals surface area contributed by atoms with E-state index in [0.29, 0.717) is 0 Å². The van der Waals surface area contributed by atoms with Gasteiger partial charge in [-0.1, -0.05) is 11.6 Å². The highest BCUT2D eigenvalue weighted by Crippen LogP contribution is 2.22. The number of hydrogen-bond donors (Lipinski definition) is 0. The van der Waals surface area contributed by atoms with Crippen molar-refractivity contribution in [2.75, 3.05) is 7.11 Å². The van der Waals surface area contributed by atoms with E-state index >= 15 is 0 Å². The number of methoxy groups -OCH3 is 1. The largest absolute Gasteiger partial charge is 0.465 e. The molecule has 0 saturated carbocycles. The predicted molar refractivity (Wildman–Crippen MR) is 42.7 cm³/mol. The quantitative estimate of drug-likeness (QED) is 0.521. The minimum atomic E-state index is -1.25. The van der Waals surface area contributed by atoms with Crippen LogP contribution in [0.4, 0.5) is 8.78 Å². The van der Waals surface area contributed by atoms with Crippen LogP contribution in [-0.4, -0.2) is 13.1 Å². The van der Waals surface area contributed by atoms with Crippen molar-refractivity contribution in [1.29, 1.82) is 0 Å². The molecule has 5 heteroatoms. The van der Waals surface area contributed by atoms with Gasteiger partial charge in [0.05, 0.1) is 17.7 Å². The molecule has 0 heterocycles.